The van der Waals surface area contributed by atoms with Crippen LogP contribution in [0.25, 0.3) is 10.9 Å². The number of carbonyl (C=O) groups is 1. The molecule has 0 spiro atoms. The van der Waals surface area contributed by atoms with E-state index < -0.39 is 16.9 Å². The summed E-state index contributed by atoms with van der Waals surface area (Å²) in [6, 6.07) is 16.2. The number of hydrogen-bond acceptors (Lipinski definition) is 4. The fraction of sp³-hybridized carbons (Fsp3) is 0.0588. The summed E-state index contributed by atoms with van der Waals surface area (Å²) in [6.07, 6.45) is 1.75. The molecule has 1 amide bonds. The minimum atomic E-state index is -1.46. The number of rotatable bonds is 5. The molecule has 0 radical (unpaired) electrons. The standard InChI is InChI=1S/C17H15N3O3S/c21-16(19-22)11-12-6-8-14(9-7-12)20-24(23)15-5-1-3-13-4-2-10-18-17(13)15/h1-10,20,22H,11H2,(H,19,21). The second-order valence-electron chi connectivity index (χ2n) is 5.11. The number of nitrogens with zero attached hydrogens (tertiary/aromatic N) is 1. The number of hydroxylamine groups is 1. The Hall–Kier alpha value is -2.77. The molecule has 24 heavy (non-hydrogen) atoms. The molecular weight excluding hydrogens is 326 g/mol. The van der Waals surface area contributed by atoms with Crippen molar-refractivity contribution in [1.29, 1.82) is 0 Å². The monoisotopic (exact) mass is 341 g/mol. The Bertz CT molecular complexity index is 892. The molecule has 1 heterocycles. The van der Waals surface area contributed by atoms with Gasteiger partial charge in [-0.2, -0.15) is 0 Å². The molecule has 3 N–H and O–H groups in total. The Kier molecular flexibility index (Phi) is 4.83. The zero-order chi connectivity index (χ0) is 16.9. The molecule has 7 heteroatoms. The van der Waals surface area contributed by atoms with Crippen molar-refractivity contribution in [2.75, 3.05) is 4.72 Å². The molecule has 1 atom stereocenters. The Balaban J connectivity index is 1.78. The van der Waals surface area contributed by atoms with Gasteiger partial charge in [-0.05, 0) is 29.8 Å². The van der Waals surface area contributed by atoms with Crippen molar-refractivity contribution in [3.8, 4) is 0 Å². The van der Waals surface area contributed by atoms with E-state index in [-0.39, 0.29) is 6.42 Å². The summed E-state index contributed by atoms with van der Waals surface area (Å²) >= 11 is 0. The number of fused-ring (bicyclic) bond motifs is 1. The van der Waals surface area contributed by atoms with Gasteiger partial charge in [0.1, 0.15) is 0 Å². The fourth-order valence-corrected chi connectivity index (χ4v) is 3.31. The van der Waals surface area contributed by atoms with Crippen LogP contribution in [0.2, 0.25) is 0 Å². The van der Waals surface area contributed by atoms with E-state index in [2.05, 4.69) is 9.71 Å². The highest BCUT2D eigenvalue weighted by Gasteiger charge is 2.10. The molecule has 3 aromatic rings. The second-order valence-corrected chi connectivity index (χ2v) is 6.29. The Morgan fingerprint density at radius 1 is 1.08 bits per heavy atom. The molecule has 1 aromatic heterocycles. The van der Waals surface area contributed by atoms with Gasteiger partial charge >= 0.3 is 0 Å². The maximum atomic E-state index is 12.6. The molecule has 2 aromatic carbocycles. The molecule has 0 aliphatic heterocycles. The van der Waals surface area contributed by atoms with E-state index in [0.29, 0.717) is 16.1 Å². The largest absolute Gasteiger partial charge is 0.301 e. The predicted octanol–water partition coefficient (Wildman–Crippen LogP) is 2.42. The molecule has 0 saturated heterocycles. The molecular formula is C17H15N3O3S. The lowest BCUT2D eigenvalue weighted by atomic mass is 10.1. The average Bonchev–Trinajstić information content (AvgIpc) is 2.62. The summed E-state index contributed by atoms with van der Waals surface area (Å²) in [4.78, 5) is 16.0. The van der Waals surface area contributed by atoms with E-state index in [1.54, 1.807) is 42.0 Å². The van der Waals surface area contributed by atoms with E-state index in [4.69, 9.17) is 5.21 Å². The topological polar surface area (TPSA) is 91.3 Å². The van der Waals surface area contributed by atoms with Gasteiger partial charge in [0.05, 0.1) is 16.8 Å². The first-order valence-electron chi connectivity index (χ1n) is 7.21. The number of benzene rings is 2. The second kappa shape index (κ2) is 7.20. The predicted molar refractivity (Wildman–Crippen MR) is 91.8 cm³/mol. The van der Waals surface area contributed by atoms with Crippen LogP contribution in [0.4, 0.5) is 5.69 Å². The highest BCUT2D eigenvalue weighted by atomic mass is 32.2. The van der Waals surface area contributed by atoms with Gasteiger partial charge in [0.15, 0.2) is 11.0 Å². The first kappa shape index (κ1) is 16.1. The summed E-state index contributed by atoms with van der Waals surface area (Å²) < 4.78 is 15.5. The SMILES string of the molecule is O=C(Cc1ccc(NS(=O)c2cccc3cccnc23)cc1)NO. The van der Waals surface area contributed by atoms with Crippen LogP contribution in [-0.2, 0) is 22.2 Å². The number of aromatic nitrogens is 1. The molecule has 0 saturated carbocycles. The molecule has 3 rings (SSSR count). The molecule has 0 bridgehead atoms. The molecule has 0 aliphatic carbocycles. The highest BCUT2D eigenvalue weighted by Crippen LogP contribution is 2.21. The van der Waals surface area contributed by atoms with Gasteiger partial charge in [-0.3, -0.25) is 15.0 Å². The maximum Gasteiger partial charge on any atom is 0.247 e. The number of nitrogens with one attached hydrogen (secondary N) is 2. The molecule has 1 unspecified atom stereocenters. The van der Waals surface area contributed by atoms with Crippen LogP contribution in [0.5, 0.6) is 0 Å². The van der Waals surface area contributed by atoms with Gasteiger partial charge in [-0.15, -0.1) is 0 Å². The van der Waals surface area contributed by atoms with E-state index in [0.717, 1.165) is 10.9 Å². The molecule has 0 fully saturated rings. The van der Waals surface area contributed by atoms with Gasteiger partial charge in [-0.1, -0.05) is 30.3 Å². The summed E-state index contributed by atoms with van der Waals surface area (Å²) in [5.41, 5.74) is 3.69. The number of amides is 1. The quantitative estimate of drug-likeness (QED) is 0.491. The third-order valence-electron chi connectivity index (χ3n) is 3.45. The minimum Gasteiger partial charge on any atom is -0.301 e. The fourth-order valence-electron chi connectivity index (χ4n) is 2.30. The number of anilines is 1. The van der Waals surface area contributed by atoms with Crippen molar-refractivity contribution >= 4 is 33.5 Å². The van der Waals surface area contributed by atoms with Crippen molar-refractivity contribution in [3.63, 3.8) is 0 Å². The van der Waals surface area contributed by atoms with Gasteiger partial charge in [-0.25, -0.2) is 9.69 Å². The molecule has 6 nitrogen and oxygen atoms in total. The van der Waals surface area contributed by atoms with Gasteiger partial charge in [0.2, 0.25) is 5.91 Å². The Morgan fingerprint density at radius 3 is 2.58 bits per heavy atom. The third kappa shape index (κ3) is 3.58. The van der Waals surface area contributed by atoms with E-state index in [9.17, 15) is 9.00 Å². The van der Waals surface area contributed by atoms with E-state index >= 15 is 0 Å². The summed E-state index contributed by atoms with van der Waals surface area (Å²) in [5.74, 6) is -0.485. The van der Waals surface area contributed by atoms with Gasteiger partial charge in [0.25, 0.3) is 0 Å². The zero-order valence-corrected chi connectivity index (χ0v) is 13.4. The average molecular weight is 341 g/mol. The lowest BCUT2D eigenvalue weighted by Gasteiger charge is -2.09. The van der Waals surface area contributed by atoms with Crippen LogP contribution >= 0.6 is 0 Å². The highest BCUT2D eigenvalue weighted by molar-refractivity contribution is 7.86. The van der Waals surface area contributed by atoms with Crippen molar-refractivity contribution < 1.29 is 14.2 Å². The molecule has 0 aliphatic rings. The number of hydrogen-bond donors (Lipinski definition) is 3. The Morgan fingerprint density at radius 2 is 1.83 bits per heavy atom. The van der Waals surface area contributed by atoms with Crippen molar-refractivity contribution in [2.45, 2.75) is 11.3 Å². The first-order chi connectivity index (χ1) is 11.7. The van der Waals surface area contributed by atoms with Crippen molar-refractivity contribution in [3.05, 3.63) is 66.4 Å². The number of para-hydroxylation sites is 1. The van der Waals surface area contributed by atoms with Gasteiger partial charge in [0, 0.05) is 17.3 Å². The van der Waals surface area contributed by atoms with Crippen LogP contribution in [0.1, 0.15) is 5.56 Å². The van der Waals surface area contributed by atoms with E-state index in [1.165, 1.54) is 0 Å². The van der Waals surface area contributed by atoms with Crippen molar-refractivity contribution in [2.24, 2.45) is 0 Å². The number of pyridine rings is 1. The summed E-state index contributed by atoms with van der Waals surface area (Å²) in [7, 11) is -1.46. The lowest BCUT2D eigenvalue weighted by Crippen LogP contribution is -2.20. The van der Waals surface area contributed by atoms with Crippen molar-refractivity contribution in [1.82, 2.24) is 10.5 Å². The van der Waals surface area contributed by atoms with E-state index in [1.807, 2.05) is 24.3 Å². The van der Waals surface area contributed by atoms with Gasteiger partial charge < -0.3 is 4.72 Å². The lowest BCUT2D eigenvalue weighted by molar-refractivity contribution is -0.128. The zero-order valence-electron chi connectivity index (χ0n) is 12.6. The van der Waals surface area contributed by atoms with Crippen LogP contribution in [0.15, 0.2) is 65.7 Å². The maximum absolute atomic E-state index is 12.6. The van der Waals surface area contributed by atoms with Crippen LogP contribution in [0.3, 0.4) is 0 Å². The third-order valence-corrected chi connectivity index (χ3v) is 4.60. The Labute approximate surface area is 141 Å². The molecule has 122 valence electrons. The van der Waals surface area contributed by atoms with Crippen LogP contribution in [-0.4, -0.2) is 20.3 Å². The first-order valence-corrected chi connectivity index (χ1v) is 8.36. The van der Waals surface area contributed by atoms with Crippen LogP contribution in [0, 0.1) is 0 Å². The summed E-state index contributed by atoms with van der Waals surface area (Å²) in [6.45, 7) is 0. The normalized spacial score (nSPS) is 11.9. The summed E-state index contributed by atoms with van der Waals surface area (Å²) in [5, 5.41) is 9.45. The van der Waals surface area contributed by atoms with Crippen LogP contribution < -0.4 is 10.2 Å². The smallest absolute Gasteiger partial charge is 0.247 e. The number of carbonyl (C=O) groups excluding carboxylic acids is 1. The minimum absolute atomic E-state index is 0.0765.